The summed E-state index contributed by atoms with van der Waals surface area (Å²) in [4.78, 5) is 2.97. The summed E-state index contributed by atoms with van der Waals surface area (Å²) in [6, 6.07) is 14.9. The minimum absolute atomic E-state index is 0.216. The van der Waals surface area contributed by atoms with Crippen LogP contribution in [0.25, 0.3) is 10.8 Å². The summed E-state index contributed by atoms with van der Waals surface area (Å²) < 4.78 is 0. The van der Waals surface area contributed by atoms with Crippen molar-refractivity contribution in [3.8, 4) is 0 Å². The first-order valence-corrected chi connectivity index (χ1v) is 6.85. The molecule has 2 aromatic rings. The molecular weight excluding hydrogens is 250 g/mol. The van der Waals surface area contributed by atoms with Crippen LogP contribution in [0.15, 0.2) is 55.1 Å². The lowest BCUT2D eigenvalue weighted by atomic mass is 9.90. The maximum absolute atomic E-state index is 5.59. The highest BCUT2D eigenvalue weighted by molar-refractivity contribution is 7.80. The topological polar surface area (TPSA) is 3.24 Å². The fourth-order valence-corrected chi connectivity index (χ4v) is 2.62. The van der Waals surface area contributed by atoms with E-state index in [0.29, 0.717) is 0 Å². The van der Waals surface area contributed by atoms with Crippen molar-refractivity contribution in [1.29, 1.82) is 0 Å². The number of likely N-dealkylation sites (N-methyl/N-ethyl adjacent to an activating group) is 1. The molecule has 0 spiro atoms. The first-order valence-electron chi connectivity index (χ1n) is 6.45. The van der Waals surface area contributed by atoms with Crippen LogP contribution in [0.2, 0.25) is 0 Å². The molecule has 2 aromatic carbocycles. The minimum atomic E-state index is 0.216. The third kappa shape index (κ3) is 2.85. The maximum atomic E-state index is 5.59. The molecule has 0 saturated carbocycles. The second-order valence-electron chi connectivity index (χ2n) is 4.88. The van der Waals surface area contributed by atoms with Crippen molar-refractivity contribution in [1.82, 2.24) is 4.90 Å². The molecule has 0 fully saturated rings. The van der Waals surface area contributed by atoms with E-state index in [2.05, 4.69) is 49.0 Å². The molecule has 2 rings (SSSR count). The van der Waals surface area contributed by atoms with Crippen LogP contribution in [0.5, 0.6) is 0 Å². The normalized spacial score (nSPS) is 12.1. The van der Waals surface area contributed by atoms with Gasteiger partial charge in [-0.25, -0.2) is 0 Å². The average molecular weight is 269 g/mol. The Kier molecular flexibility index (Phi) is 4.33. The van der Waals surface area contributed by atoms with Crippen molar-refractivity contribution in [2.45, 2.75) is 12.3 Å². The van der Waals surface area contributed by atoms with Gasteiger partial charge in [-0.2, -0.15) is 0 Å². The van der Waals surface area contributed by atoms with Gasteiger partial charge in [0.25, 0.3) is 0 Å². The predicted molar refractivity (Wildman–Crippen MR) is 87.8 cm³/mol. The van der Waals surface area contributed by atoms with Crippen molar-refractivity contribution in [2.75, 3.05) is 14.1 Å². The van der Waals surface area contributed by atoms with E-state index in [9.17, 15) is 0 Å². The Morgan fingerprint density at radius 1 is 1.21 bits per heavy atom. The van der Waals surface area contributed by atoms with Gasteiger partial charge in [-0.1, -0.05) is 60.8 Å². The van der Waals surface area contributed by atoms with Gasteiger partial charge in [-0.05, 0) is 22.8 Å². The zero-order valence-electron chi connectivity index (χ0n) is 11.5. The Hall–Kier alpha value is -1.67. The van der Waals surface area contributed by atoms with Gasteiger partial charge in [0.15, 0.2) is 0 Å². The number of rotatable bonds is 4. The van der Waals surface area contributed by atoms with Gasteiger partial charge >= 0.3 is 0 Å². The van der Waals surface area contributed by atoms with Crippen LogP contribution in [0.1, 0.15) is 17.9 Å². The van der Waals surface area contributed by atoms with E-state index in [0.717, 1.165) is 11.4 Å². The molecular formula is C17H19NS. The lowest BCUT2D eigenvalue weighted by Crippen LogP contribution is -2.26. The Bertz CT molecular complexity index is 596. The van der Waals surface area contributed by atoms with Gasteiger partial charge in [-0.15, -0.1) is 6.58 Å². The van der Waals surface area contributed by atoms with E-state index < -0.39 is 0 Å². The van der Waals surface area contributed by atoms with Crippen molar-refractivity contribution in [3.63, 3.8) is 0 Å². The first-order chi connectivity index (χ1) is 9.15. The molecule has 0 aliphatic rings. The van der Waals surface area contributed by atoms with Crippen molar-refractivity contribution < 1.29 is 0 Å². The van der Waals surface area contributed by atoms with Gasteiger partial charge in [0, 0.05) is 20.0 Å². The highest BCUT2D eigenvalue weighted by Gasteiger charge is 2.19. The van der Waals surface area contributed by atoms with Crippen LogP contribution in [0.3, 0.4) is 0 Å². The molecule has 2 heteroatoms. The summed E-state index contributed by atoms with van der Waals surface area (Å²) in [6.07, 6.45) is 2.81. The van der Waals surface area contributed by atoms with Crippen LogP contribution in [0, 0.1) is 0 Å². The van der Waals surface area contributed by atoms with Crippen molar-refractivity contribution in [3.05, 3.63) is 60.7 Å². The fraction of sp³-hybridized carbons (Fsp3) is 0.235. The van der Waals surface area contributed by atoms with Gasteiger partial charge in [0.05, 0.1) is 4.99 Å². The predicted octanol–water partition coefficient (Wildman–Crippen LogP) is 4.39. The maximum Gasteiger partial charge on any atom is 0.0853 e. The van der Waals surface area contributed by atoms with E-state index in [-0.39, 0.29) is 5.92 Å². The quantitative estimate of drug-likeness (QED) is 0.598. The summed E-state index contributed by atoms with van der Waals surface area (Å²) in [5.74, 6) is 0.216. The number of hydrogen-bond donors (Lipinski definition) is 0. The summed E-state index contributed by atoms with van der Waals surface area (Å²) >= 11 is 5.59. The van der Waals surface area contributed by atoms with Crippen LogP contribution in [-0.4, -0.2) is 24.0 Å². The van der Waals surface area contributed by atoms with E-state index in [1.54, 1.807) is 0 Å². The second-order valence-corrected chi connectivity index (χ2v) is 5.30. The van der Waals surface area contributed by atoms with E-state index >= 15 is 0 Å². The molecule has 19 heavy (non-hydrogen) atoms. The number of thiocarbonyl (C=S) groups is 1. The van der Waals surface area contributed by atoms with Gasteiger partial charge in [0.1, 0.15) is 0 Å². The fourth-order valence-electron chi connectivity index (χ4n) is 2.39. The molecule has 1 atom stereocenters. The zero-order chi connectivity index (χ0) is 13.8. The molecule has 1 unspecified atom stereocenters. The average Bonchev–Trinajstić information content (AvgIpc) is 2.43. The smallest absolute Gasteiger partial charge is 0.0853 e. The number of nitrogens with zero attached hydrogens (tertiary/aromatic N) is 1. The van der Waals surface area contributed by atoms with E-state index in [1.165, 1.54) is 16.3 Å². The Morgan fingerprint density at radius 3 is 2.58 bits per heavy atom. The Morgan fingerprint density at radius 2 is 1.89 bits per heavy atom. The third-order valence-corrected chi connectivity index (χ3v) is 3.99. The van der Waals surface area contributed by atoms with E-state index in [4.69, 9.17) is 12.2 Å². The highest BCUT2D eigenvalue weighted by atomic mass is 32.1. The Labute approximate surface area is 120 Å². The van der Waals surface area contributed by atoms with Crippen molar-refractivity contribution >= 4 is 28.0 Å². The SMILES string of the molecule is C=CCC(C(=S)N(C)C)c1cccc2ccccc12. The number of allylic oxidation sites excluding steroid dienone is 1. The van der Waals surface area contributed by atoms with Crippen LogP contribution in [-0.2, 0) is 0 Å². The molecule has 0 N–H and O–H groups in total. The molecule has 98 valence electrons. The molecule has 0 aliphatic heterocycles. The molecule has 0 heterocycles. The van der Waals surface area contributed by atoms with Gasteiger partial charge < -0.3 is 4.90 Å². The summed E-state index contributed by atoms with van der Waals surface area (Å²) in [5, 5.41) is 2.54. The summed E-state index contributed by atoms with van der Waals surface area (Å²) in [7, 11) is 4.01. The van der Waals surface area contributed by atoms with Crippen LogP contribution in [0.4, 0.5) is 0 Å². The lowest BCUT2D eigenvalue weighted by molar-refractivity contribution is 0.602. The number of hydrogen-bond acceptors (Lipinski definition) is 1. The molecule has 1 nitrogen and oxygen atoms in total. The summed E-state index contributed by atoms with van der Waals surface area (Å²) in [6.45, 7) is 3.87. The zero-order valence-corrected chi connectivity index (χ0v) is 12.3. The van der Waals surface area contributed by atoms with Gasteiger partial charge in [0.2, 0.25) is 0 Å². The molecule has 0 aliphatic carbocycles. The number of benzene rings is 2. The van der Waals surface area contributed by atoms with E-state index in [1.807, 2.05) is 25.1 Å². The third-order valence-electron chi connectivity index (χ3n) is 3.34. The van der Waals surface area contributed by atoms with Crippen LogP contribution < -0.4 is 0 Å². The molecule has 0 bridgehead atoms. The first kappa shape index (κ1) is 13.8. The minimum Gasteiger partial charge on any atom is -0.372 e. The lowest BCUT2D eigenvalue weighted by Gasteiger charge is -2.24. The molecule has 0 amide bonds. The highest BCUT2D eigenvalue weighted by Crippen LogP contribution is 2.30. The van der Waals surface area contributed by atoms with Crippen molar-refractivity contribution in [2.24, 2.45) is 0 Å². The number of fused-ring (bicyclic) bond motifs is 1. The second kappa shape index (κ2) is 5.98. The molecule has 0 radical (unpaired) electrons. The standard InChI is InChI=1S/C17H19NS/c1-4-8-16(17(19)18(2)3)15-12-7-10-13-9-5-6-11-14(13)15/h4-7,9-12,16H,1,8H2,2-3H3. The largest absolute Gasteiger partial charge is 0.372 e. The molecule has 0 aromatic heterocycles. The monoisotopic (exact) mass is 269 g/mol. The summed E-state index contributed by atoms with van der Waals surface area (Å²) in [5.41, 5.74) is 1.29. The van der Waals surface area contributed by atoms with Crippen LogP contribution >= 0.6 is 12.2 Å². The Balaban J connectivity index is 2.56. The van der Waals surface area contributed by atoms with Gasteiger partial charge in [-0.3, -0.25) is 0 Å². The molecule has 0 saturated heterocycles.